The first-order chi connectivity index (χ1) is 10.2. The summed E-state index contributed by atoms with van der Waals surface area (Å²) in [4.78, 5) is 24.6. The van der Waals surface area contributed by atoms with Gasteiger partial charge in [-0.15, -0.1) is 11.3 Å². The second-order valence-corrected chi connectivity index (χ2v) is 5.04. The molecule has 4 nitrogen and oxygen atoms in total. The van der Waals surface area contributed by atoms with Crippen molar-refractivity contribution >= 4 is 23.3 Å². The van der Waals surface area contributed by atoms with E-state index in [0.29, 0.717) is 22.6 Å². The van der Waals surface area contributed by atoms with Crippen molar-refractivity contribution in [1.29, 1.82) is 0 Å². The van der Waals surface area contributed by atoms with Gasteiger partial charge in [0.1, 0.15) is 4.88 Å². The van der Waals surface area contributed by atoms with E-state index in [1.165, 1.54) is 11.3 Å². The maximum Gasteiger partial charge on any atom is 0.348 e. The Balaban J connectivity index is 2.53. The molecule has 1 aromatic heterocycles. The van der Waals surface area contributed by atoms with Crippen molar-refractivity contribution < 1.29 is 19.1 Å². The van der Waals surface area contributed by atoms with Crippen molar-refractivity contribution in [2.75, 3.05) is 13.2 Å². The molecule has 1 heterocycles. The van der Waals surface area contributed by atoms with E-state index in [9.17, 15) is 9.59 Å². The zero-order chi connectivity index (χ0) is 15.2. The van der Waals surface area contributed by atoms with Crippen LogP contribution in [0.25, 0.3) is 11.1 Å². The Morgan fingerprint density at radius 2 is 1.62 bits per heavy atom. The highest BCUT2D eigenvalue weighted by Gasteiger charge is 2.24. The molecule has 0 fully saturated rings. The topological polar surface area (TPSA) is 52.6 Å². The summed E-state index contributed by atoms with van der Waals surface area (Å²) in [6.45, 7) is 4.08. The lowest BCUT2D eigenvalue weighted by atomic mass is 10.0. The average Bonchev–Trinajstić information content (AvgIpc) is 2.93. The average molecular weight is 304 g/mol. The Morgan fingerprint density at radius 3 is 2.24 bits per heavy atom. The molecular formula is C16H16O4S. The predicted molar refractivity (Wildman–Crippen MR) is 81.7 cm³/mol. The molecule has 0 saturated carbocycles. The van der Waals surface area contributed by atoms with Crippen LogP contribution in [0.3, 0.4) is 0 Å². The summed E-state index contributed by atoms with van der Waals surface area (Å²) in [6, 6.07) is 9.30. The van der Waals surface area contributed by atoms with E-state index in [1.54, 1.807) is 19.2 Å². The van der Waals surface area contributed by atoms with Gasteiger partial charge in [-0.3, -0.25) is 0 Å². The van der Waals surface area contributed by atoms with Crippen LogP contribution in [0.4, 0.5) is 0 Å². The summed E-state index contributed by atoms with van der Waals surface area (Å²) in [5.41, 5.74) is 1.78. The van der Waals surface area contributed by atoms with Gasteiger partial charge >= 0.3 is 11.9 Å². The van der Waals surface area contributed by atoms with Crippen LogP contribution in [0.5, 0.6) is 0 Å². The van der Waals surface area contributed by atoms with Crippen LogP contribution in [0.2, 0.25) is 0 Å². The third-order valence-electron chi connectivity index (χ3n) is 2.81. The molecular weight excluding hydrogens is 288 g/mol. The third kappa shape index (κ3) is 3.31. The fourth-order valence-electron chi connectivity index (χ4n) is 1.96. The van der Waals surface area contributed by atoms with Crippen molar-refractivity contribution in [3.8, 4) is 11.1 Å². The summed E-state index contributed by atoms with van der Waals surface area (Å²) in [5, 5.41) is 1.65. The van der Waals surface area contributed by atoms with Crippen molar-refractivity contribution in [3.63, 3.8) is 0 Å². The Kier molecular flexibility index (Phi) is 5.11. The molecule has 0 aliphatic carbocycles. The van der Waals surface area contributed by atoms with E-state index in [0.717, 1.165) is 5.56 Å². The molecule has 0 saturated heterocycles. The number of rotatable bonds is 5. The van der Waals surface area contributed by atoms with E-state index in [2.05, 4.69) is 0 Å². The number of ether oxygens (including phenoxy) is 2. The molecule has 0 aliphatic heterocycles. The number of esters is 2. The van der Waals surface area contributed by atoms with Crippen LogP contribution < -0.4 is 0 Å². The zero-order valence-corrected chi connectivity index (χ0v) is 12.7. The number of hydrogen-bond acceptors (Lipinski definition) is 5. The van der Waals surface area contributed by atoms with Crippen molar-refractivity contribution in [1.82, 2.24) is 0 Å². The maximum absolute atomic E-state index is 12.1. The Labute approximate surface area is 127 Å². The van der Waals surface area contributed by atoms with E-state index in [-0.39, 0.29) is 6.61 Å². The van der Waals surface area contributed by atoms with Crippen molar-refractivity contribution in [3.05, 3.63) is 46.2 Å². The third-order valence-corrected chi connectivity index (χ3v) is 3.77. The SMILES string of the molecule is CCOC(=O)c1csc(C(=O)OCC)c1-c1ccccc1. The van der Waals surface area contributed by atoms with Gasteiger partial charge in [0.05, 0.1) is 18.8 Å². The molecule has 1 aromatic carbocycles. The molecule has 5 heteroatoms. The summed E-state index contributed by atoms with van der Waals surface area (Å²) < 4.78 is 10.1. The first-order valence-electron chi connectivity index (χ1n) is 6.70. The van der Waals surface area contributed by atoms with Gasteiger partial charge in [-0.05, 0) is 19.4 Å². The van der Waals surface area contributed by atoms with Crippen LogP contribution in [-0.4, -0.2) is 25.2 Å². The second-order valence-electron chi connectivity index (χ2n) is 4.16. The smallest absolute Gasteiger partial charge is 0.348 e. The number of carbonyl (C=O) groups is 2. The first-order valence-corrected chi connectivity index (χ1v) is 7.58. The quantitative estimate of drug-likeness (QED) is 0.789. The molecule has 0 radical (unpaired) electrons. The molecule has 2 aromatic rings. The van der Waals surface area contributed by atoms with Gasteiger partial charge in [-0.2, -0.15) is 0 Å². The lowest BCUT2D eigenvalue weighted by molar-refractivity contribution is 0.0527. The summed E-state index contributed by atoms with van der Waals surface area (Å²) in [7, 11) is 0. The van der Waals surface area contributed by atoms with Crippen LogP contribution in [-0.2, 0) is 9.47 Å². The van der Waals surface area contributed by atoms with Crippen LogP contribution in [0.1, 0.15) is 33.9 Å². The van der Waals surface area contributed by atoms with Gasteiger partial charge in [0.2, 0.25) is 0 Å². The molecule has 2 rings (SSSR count). The Bertz CT molecular complexity index is 595. The van der Waals surface area contributed by atoms with Gasteiger partial charge < -0.3 is 9.47 Å². The van der Waals surface area contributed by atoms with E-state index < -0.39 is 11.9 Å². The second kappa shape index (κ2) is 7.04. The number of thiophene rings is 1. The highest BCUT2D eigenvalue weighted by atomic mass is 32.1. The lowest BCUT2D eigenvalue weighted by Crippen LogP contribution is -2.08. The van der Waals surface area contributed by atoms with E-state index >= 15 is 0 Å². The number of carbonyl (C=O) groups excluding carboxylic acids is 2. The highest BCUT2D eigenvalue weighted by molar-refractivity contribution is 7.13. The molecule has 0 aliphatic rings. The van der Waals surface area contributed by atoms with Gasteiger partial charge in [-0.25, -0.2) is 9.59 Å². The lowest BCUT2D eigenvalue weighted by Gasteiger charge is -2.07. The summed E-state index contributed by atoms with van der Waals surface area (Å²) in [6.07, 6.45) is 0. The Morgan fingerprint density at radius 1 is 1.00 bits per heavy atom. The monoisotopic (exact) mass is 304 g/mol. The predicted octanol–water partition coefficient (Wildman–Crippen LogP) is 3.77. The van der Waals surface area contributed by atoms with Crippen LogP contribution >= 0.6 is 11.3 Å². The van der Waals surface area contributed by atoms with Crippen LogP contribution in [0, 0.1) is 0 Å². The Hall–Kier alpha value is -2.14. The minimum atomic E-state index is -0.428. The molecule has 0 amide bonds. The van der Waals surface area contributed by atoms with Crippen LogP contribution in [0.15, 0.2) is 35.7 Å². The molecule has 0 N–H and O–H groups in total. The fraction of sp³-hybridized carbons (Fsp3) is 0.250. The molecule has 0 bridgehead atoms. The van der Waals surface area contributed by atoms with Gasteiger partial charge in [-0.1, -0.05) is 30.3 Å². The minimum absolute atomic E-state index is 0.289. The normalized spacial score (nSPS) is 10.2. The zero-order valence-electron chi connectivity index (χ0n) is 11.9. The molecule has 21 heavy (non-hydrogen) atoms. The number of hydrogen-bond donors (Lipinski definition) is 0. The van der Waals surface area contributed by atoms with E-state index in [1.807, 2.05) is 30.3 Å². The molecule has 110 valence electrons. The minimum Gasteiger partial charge on any atom is -0.462 e. The standard InChI is InChI=1S/C16H16O4S/c1-3-19-15(17)12-10-21-14(16(18)20-4-2)13(12)11-8-6-5-7-9-11/h5-10H,3-4H2,1-2H3. The van der Waals surface area contributed by atoms with Gasteiger partial charge in [0.25, 0.3) is 0 Å². The highest BCUT2D eigenvalue weighted by Crippen LogP contribution is 2.34. The summed E-state index contributed by atoms with van der Waals surface area (Å²) >= 11 is 1.20. The van der Waals surface area contributed by atoms with Gasteiger partial charge in [0, 0.05) is 10.9 Å². The number of benzene rings is 1. The molecule has 0 atom stereocenters. The van der Waals surface area contributed by atoms with Crippen molar-refractivity contribution in [2.45, 2.75) is 13.8 Å². The largest absolute Gasteiger partial charge is 0.462 e. The van der Waals surface area contributed by atoms with E-state index in [4.69, 9.17) is 9.47 Å². The summed E-state index contributed by atoms with van der Waals surface area (Å²) in [5.74, 6) is -0.847. The first kappa shape index (κ1) is 15.3. The molecule has 0 unspecified atom stereocenters. The van der Waals surface area contributed by atoms with Crippen molar-refractivity contribution in [2.24, 2.45) is 0 Å². The maximum atomic E-state index is 12.1. The van der Waals surface area contributed by atoms with Gasteiger partial charge in [0.15, 0.2) is 0 Å². The molecule has 0 spiro atoms. The fourth-order valence-corrected chi connectivity index (χ4v) is 2.91.